The minimum atomic E-state index is -3.66. The third kappa shape index (κ3) is 3.55. The molecule has 106 valence electrons. The molecule has 7 heteroatoms. The minimum Gasteiger partial charge on any atom is -0.342 e. The van der Waals surface area contributed by atoms with Crippen LogP contribution in [0.25, 0.3) is 0 Å². The highest BCUT2D eigenvalue weighted by Crippen LogP contribution is 2.23. The summed E-state index contributed by atoms with van der Waals surface area (Å²) in [7, 11) is -3.66. The highest BCUT2D eigenvalue weighted by atomic mass is 32.2. The summed E-state index contributed by atoms with van der Waals surface area (Å²) in [6.07, 6.45) is 2.42. The lowest BCUT2D eigenvalue weighted by molar-refractivity contribution is -0.129. The zero-order valence-electron chi connectivity index (χ0n) is 10.8. The average molecular weight is 302 g/mol. The van der Waals surface area contributed by atoms with Gasteiger partial charge in [0.1, 0.15) is 4.21 Å². The molecule has 1 aromatic rings. The average Bonchev–Trinajstić information content (AvgIpc) is 2.95. The standard InChI is InChI=1S/C12H18N2O3S2/c1-2-9-5-6-14(8-9)11(15)7-10-3-4-12(18-10)19(13,16)17/h3-4,9H,2,5-8H2,1H3,(H2,13,16,17). The van der Waals surface area contributed by atoms with Gasteiger partial charge in [0.25, 0.3) is 0 Å². The Labute approximate surface area is 117 Å². The molecule has 5 nitrogen and oxygen atoms in total. The van der Waals surface area contributed by atoms with E-state index >= 15 is 0 Å². The van der Waals surface area contributed by atoms with Crippen LogP contribution in [0.4, 0.5) is 0 Å². The number of carbonyl (C=O) groups is 1. The summed E-state index contributed by atoms with van der Waals surface area (Å²) in [5.74, 6) is 0.672. The molecule has 1 unspecified atom stereocenters. The van der Waals surface area contributed by atoms with E-state index in [0.717, 1.165) is 42.1 Å². The zero-order valence-corrected chi connectivity index (χ0v) is 12.5. The van der Waals surface area contributed by atoms with Crippen LogP contribution in [0.5, 0.6) is 0 Å². The van der Waals surface area contributed by atoms with Crippen molar-refractivity contribution in [2.24, 2.45) is 11.1 Å². The Balaban J connectivity index is 1.98. The van der Waals surface area contributed by atoms with Gasteiger partial charge in [0.2, 0.25) is 15.9 Å². The van der Waals surface area contributed by atoms with Crippen LogP contribution in [0.2, 0.25) is 0 Å². The fourth-order valence-electron chi connectivity index (χ4n) is 2.26. The topological polar surface area (TPSA) is 80.5 Å². The lowest BCUT2D eigenvalue weighted by Gasteiger charge is -2.15. The summed E-state index contributed by atoms with van der Waals surface area (Å²) in [6.45, 7) is 3.77. The van der Waals surface area contributed by atoms with E-state index in [1.165, 1.54) is 6.07 Å². The van der Waals surface area contributed by atoms with Crippen LogP contribution < -0.4 is 5.14 Å². The second-order valence-electron chi connectivity index (χ2n) is 4.85. The molecule has 0 bridgehead atoms. The molecule has 1 amide bonds. The molecule has 19 heavy (non-hydrogen) atoms. The zero-order chi connectivity index (χ0) is 14.0. The van der Waals surface area contributed by atoms with Gasteiger partial charge >= 0.3 is 0 Å². The van der Waals surface area contributed by atoms with Gasteiger partial charge in [-0.25, -0.2) is 13.6 Å². The predicted octanol–water partition coefficient (Wildman–Crippen LogP) is 1.20. The number of nitrogens with zero attached hydrogens (tertiary/aromatic N) is 1. The summed E-state index contributed by atoms with van der Waals surface area (Å²) < 4.78 is 22.4. The van der Waals surface area contributed by atoms with Gasteiger partial charge in [-0.3, -0.25) is 4.79 Å². The number of rotatable bonds is 4. The maximum Gasteiger partial charge on any atom is 0.247 e. The monoisotopic (exact) mass is 302 g/mol. The van der Waals surface area contributed by atoms with E-state index in [2.05, 4.69) is 6.92 Å². The maximum absolute atomic E-state index is 12.1. The lowest BCUT2D eigenvalue weighted by atomic mass is 10.1. The Morgan fingerprint density at radius 3 is 2.79 bits per heavy atom. The van der Waals surface area contributed by atoms with Gasteiger partial charge in [-0.1, -0.05) is 13.3 Å². The van der Waals surface area contributed by atoms with Gasteiger partial charge < -0.3 is 4.90 Å². The van der Waals surface area contributed by atoms with Gasteiger partial charge in [-0.2, -0.15) is 0 Å². The Kier molecular flexibility index (Phi) is 4.27. The first-order valence-electron chi connectivity index (χ1n) is 6.29. The fourth-order valence-corrected chi connectivity index (χ4v) is 4.03. The number of sulfonamides is 1. The molecule has 1 aliphatic heterocycles. The minimum absolute atomic E-state index is 0.0683. The number of likely N-dealkylation sites (tertiary alicyclic amines) is 1. The second kappa shape index (κ2) is 5.60. The van der Waals surface area contributed by atoms with Gasteiger partial charge in [0, 0.05) is 18.0 Å². The Morgan fingerprint density at radius 1 is 1.53 bits per heavy atom. The summed E-state index contributed by atoms with van der Waals surface area (Å²) >= 11 is 1.07. The summed E-state index contributed by atoms with van der Waals surface area (Å²) in [6, 6.07) is 3.12. The molecule has 1 aromatic heterocycles. The Morgan fingerprint density at radius 2 is 2.26 bits per heavy atom. The van der Waals surface area contributed by atoms with E-state index in [1.54, 1.807) is 6.07 Å². The molecule has 0 radical (unpaired) electrons. The van der Waals surface area contributed by atoms with Crippen LogP contribution in [0, 0.1) is 5.92 Å². The molecule has 0 saturated carbocycles. The third-order valence-electron chi connectivity index (χ3n) is 3.46. The summed E-state index contributed by atoms with van der Waals surface area (Å²) in [5.41, 5.74) is 0. The van der Waals surface area contributed by atoms with Crippen molar-refractivity contribution in [3.63, 3.8) is 0 Å². The number of carbonyl (C=O) groups excluding carboxylic acids is 1. The molecule has 2 heterocycles. The van der Waals surface area contributed by atoms with Crippen molar-refractivity contribution >= 4 is 27.3 Å². The van der Waals surface area contributed by atoms with Crippen LogP contribution in [0.1, 0.15) is 24.6 Å². The summed E-state index contributed by atoms with van der Waals surface area (Å²) in [5, 5.41) is 5.05. The first-order chi connectivity index (χ1) is 8.90. The summed E-state index contributed by atoms with van der Waals surface area (Å²) in [4.78, 5) is 14.7. The maximum atomic E-state index is 12.1. The van der Waals surface area contributed by atoms with Crippen LogP contribution >= 0.6 is 11.3 Å². The molecule has 2 N–H and O–H groups in total. The van der Waals surface area contributed by atoms with E-state index in [0.29, 0.717) is 5.92 Å². The van der Waals surface area contributed by atoms with Crippen molar-refractivity contribution in [1.82, 2.24) is 4.90 Å². The van der Waals surface area contributed by atoms with Gasteiger partial charge in [-0.15, -0.1) is 11.3 Å². The first kappa shape index (κ1) is 14.5. The highest BCUT2D eigenvalue weighted by molar-refractivity contribution is 7.91. The lowest BCUT2D eigenvalue weighted by Crippen LogP contribution is -2.29. The predicted molar refractivity (Wildman–Crippen MR) is 74.4 cm³/mol. The van der Waals surface area contributed by atoms with E-state index < -0.39 is 10.0 Å². The van der Waals surface area contributed by atoms with Crippen LogP contribution in [-0.2, 0) is 21.2 Å². The molecule has 0 spiro atoms. The number of thiophene rings is 1. The fraction of sp³-hybridized carbons (Fsp3) is 0.583. The second-order valence-corrected chi connectivity index (χ2v) is 7.80. The van der Waals surface area contributed by atoms with Crippen LogP contribution in [0.3, 0.4) is 0 Å². The molecule has 1 saturated heterocycles. The van der Waals surface area contributed by atoms with Crippen LogP contribution in [-0.4, -0.2) is 32.3 Å². The number of amides is 1. The normalized spacial score (nSPS) is 19.9. The van der Waals surface area contributed by atoms with Crippen LogP contribution in [0.15, 0.2) is 16.3 Å². The Bertz CT molecular complexity index is 565. The Hall–Kier alpha value is -0.920. The van der Waals surface area contributed by atoms with E-state index in [4.69, 9.17) is 5.14 Å². The molecule has 0 aromatic carbocycles. The molecular formula is C12H18N2O3S2. The number of primary sulfonamides is 1. The van der Waals surface area contributed by atoms with Gasteiger partial charge in [0.15, 0.2) is 0 Å². The van der Waals surface area contributed by atoms with Gasteiger partial charge in [-0.05, 0) is 24.5 Å². The molecule has 1 aliphatic rings. The van der Waals surface area contributed by atoms with Crippen molar-refractivity contribution in [3.05, 3.63) is 17.0 Å². The number of nitrogens with two attached hydrogens (primary N) is 1. The molecule has 1 fully saturated rings. The molecule has 2 rings (SSSR count). The van der Waals surface area contributed by atoms with Crippen molar-refractivity contribution in [3.8, 4) is 0 Å². The van der Waals surface area contributed by atoms with Crippen molar-refractivity contribution in [1.29, 1.82) is 0 Å². The van der Waals surface area contributed by atoms with E-state index in [9.17, 15) is 13.2 Å². The highest BCUT2D eigenvalue weighted by Gasteiger charge is 2.25. The third-order valence-corrected chi connectivity index (χ3v) is 5.98. The number of hydrogen-bond donors (Lipinski definition) is 1. The van der Waals surface area contributed by atoms with E-state index in [-0.39, 0.29) is 16.5 Å². The first-order valence-corrected chi connectivity index (χ1v) is 8.65. The SMILES string of the molecule is CCC1CCN(C(=O)Cc2ccc(S(N)(=O)=O)s2)C1. The van der Waals surface area contributed by atoms with Crippen molar-refractivity contribution in [2.75, 3.05) is 13.1 Å². The van der Waals surface area contributed by atoms with Crippen molar-refractivity contribution < 1.29 is 13.2 Å². The largest absolute Gasteiger partial charge is 0.342 e. The quantitative estimate of drug-likeness (QED) is 0.907. The van der Waals surface area contributed by atoms with E-state index in [1.807, 2.05) is 4.90 Å². The van der Waals surface area contributed by atoms with Gasteiger partial charge in [0.05, 0.1) is 6.42 Å². The van der Waals surface area contributed by atoms with Crippen molar-refractivity contribution in [2.45, 2.75) is 30.4 Å². The molecule has 0 aliphatic carbocycles. The number of hydrogen-bond acceptors (Lipinski definition) is 4. The smallest absolute Gasteiger partial charge is 0.247 e. The molecule has 1 atom stereocenters. The molecular weight excluding hydrogens is 284 g/mol.